The molecule has 3 rings (SSSR count). The number of Topliss-reactive ketones (excluding diaryl/α,β-unsaturated/α-hetero) is 1. The van der Waals surface area contributed by atoms with Crippen molar-refractivity contribution in [2.24, 2.45) is 17.8 Å². The van der Waals surface area contributed by atoms with Crippen LogP contribution in [0.25, 0.3) is 0 Å². The zero-order valence-electron chi connectivity index (χ0n) is 28.3. The number of esters is 1. The van der Waals surface area contributed by atoms with Crippen LogP contribution in [0.2, 0.25) is 0 Å². The molecule has 3 aliphatic rings. The minimum absolute atomic E-state index is 0.132. The van der Waals surface area contributed by atoms with E-state index in [4.69, 9.17) is 18.9 Å². The first-order valence-electron chi connectivity index (χ1n) is 16.2. The molecule has 0 bridgehead atoms. The molecule has 256 valence electrons. The van der Waals surface area contributed by atoms with Crippen LogP contribution in [-0.2, 0) is 28.5 Å². The maximum Gasteiger partial charge on any atom is 0.316 e. The zero-order valence-corrected chi connectivity index (χ0v) is 28.3. The highest BCUT2D eigenvalue weighted by Gasteiger charge is 2.50. The Labute approximate surface area is 263 Å². The highest BCUT2D eigenvalue weighted by Crippen LogP contribution is 2.35. The molecule has 0 aliphatic carbocycles. The number of hydrogen-bond acceptors (Lipinski definition) is 12. The predicted octanol–water partition coefficient (Wildman–Crippen LogP) is 0.953. The highest BCUT2D eigenvalue weighted by molar-refractivity contribution is 6.00. The first-order valence-corrected chi connectivity index (χ1v) is 16.2. The highest BCUT2D eigenvalue weighted by atomic mass is 16.7. The molecule has 3 fully saturated rings. The maximum absolute atomic E-state index is 13.8. The number of nitrogens with zero attached hydrogens (tertiary/aromatic N) is 2. The van der Waals surface area contributed by atoms with Crippen LogP contribution >= 0.6 is 0 Å². The third-order valence-electron chi connectivity index (χ3n) is 10.0. The van der Waals surface area contributed by atoms with Gasteiger partial charge < -0.3 is 44.3 Å². The molecule has 0 aromatic rings. The molecule has 44 heavy (non-hydrogen) atoms. The Kier molecular flexibility index (Phi) is 12.4. The second-order valence-corrected chi connectivity index (χ2v) is 14.3. The van der Waals surface area contributed by atoms with Crippen molar-refractivity contribution in [1.82, 2.24) is 9.80 Å². The molecule has 3 heterocycles. The second-order valence-electron chi connectivity index (χ2n) is 14.3. The number of rotatable bonds is 6. The van der Waals surface area contributed by atoms with E-state index >= 15 is 0 Å². The molecule has 12 nitrogen and oxygen atoms in total. The summed E-state index contributed by atoms with van der Waals surface area (Å²) in [5, 5.41) is 46.0. The van der Waals surface area contributed by atoms with Gasteiger partial charge in [-0.1, -0.05) is 20.8 Å². The summed E-state index contributed by atoms with van der Waals surface area (Å²) in [6.07, 6.45) is -4.81. The minimum Gasteiger partial charge on any atom is -0.459 e. The summed E-state index contributed by atoms with van der Waals surface area (Å²) < 4.78 is 23.5. The first kappa shape index (κ1) is 37.2. The van der Waals surface area contributed by atoms with E-state index in [0.29, 0.717) is 26.1 Å². The lowest BCUT2D eigenvalue weighted by Gasteiger charge is -2.46. The molecule has 0 spiro atoms. The summed E-state index contributed by atoms with van der Waals surface area (Å²) in [7, 11) is 3.74. The average Bonchev–Trinajstić information content (AvgIpc) is 3.76. The van der Waals surface area contributed by atoms with Gasteiger partial charge in [-0.2, -0.15) is 0 Å². The van der Waals surface area contributed by atoms with Gasteiger partial charge in [-0.15, -0.1) is 0 Å². The van der Waals surface area contributed by atoms with Gasteiger partial charge in [0, 0.05) is 31.1 Å². The topological polar surface area (TPSA) is 162 Å². The second kappa shape index (κ2) is 14.7. The molecule has 0 aromatic heterocycles. The van der Waals surface area contributed by atoms with Crippen molar-refractivity contribution in [2.45, 2.75) is 141 Å². The maximum atomic E-state index is 13.8. The zero-order chi connectivity index (χ0) is 33.3. The molecule has 3 saturated heterocycles. The van der Waals surface area contributed by atoms with E-state index in [1.165, 1.54) is 13.8 Å². The van der Waals surface area contributed by atoms with Gasteiger partial charge in [0.1, 0.15) is 29.8 Å². The number of carbonyl (C=O) groups excluding carboxylic acids is 2. The third-order valence-corrected chi connectivity index (χ3v) is 10.0. The number of ether oxygens (including phenoxy) is 4. The van der Waals surface area contributed by atoms with Crippen molar-refractivity contribution < 1.29 is 49.0 Å². The van der Waals surface area contributed by atoms with Crippen LogP contribution in [-0.4, -0.2) is 142 Å². The van der Waals surface area contributed by atoms with Gasteiger partial charge >= 0.3 is 5.97 Å². The van der Waals surface area contributed by atoms with Crippen LogP contribution < -0.4 is 0 Å². The molecule has 14 unspecified atom stereocenters. The fourth-order valence-electron chi connectivity index (χ4n) is 7.14. The van der Waals surface area contributed by atoms with Gasteiger partial charge in [-0.3, -0.25) is 14.5 Å². The lowest BCUT2D eigenvalue weighted by molar-refractivity contribution is -0.294. The van der Waals surface area contributed by atoms with Crippen LogP contribution in [0.15, 0.2) is 0 Å². The van der Waals surface area contributed by atoms with E-state index in [-0.39, 0.29) is 37.0 Å². The fraction of sp³-hybridized carbons (Fsp3) is 0.938. The Bertz CT molecular complexity index is 975. The SMILES string of the molecule is CCC1OC(=O)C(C)C(=O)C(C)C(OC2OC(C)CC(N(C)CC3CO3)C2O)C(C)(O)CC(C)CN(C)C(C)C(O)C1(C)O. The number of likely N-dealkylation sites (N-methyl/N-ethyl adjacent to an activating group) is 2. The van der Waals surface area contributed by atoms with Crippen molar-refractivity contribution in [2.75, 3.05) is 33.8 Å². The minimum atomic E-state index is -1.78. The van der Waals surface area contributed by atoms with E-state index in [9.17, 15) is 30.0 Å². The van der Waals surface area contributed by atoms with Gasteiger partial charge in [-0.25, -0.2) is 0 Å². The van der Waals surface area contributed by atoms with Crippen molar-refractivity contribution in [3.05, 3.63) is 0 Å². The lowest BCUT2D eigenvalue weighted by atomic mass is 9.78. The molecule has 0 aromatic carbocycles. The number of aliphatic hydroxyl groups excluding tert-OH is 2. The molecule has 3 aliphatic heterocycles. The normalized spacial score (nSPS) is 47.2. The van der Waals surface area contributed by atoms with E-state index in [1.54, 1.807) is 27.7 Å². The number of cyclic esters (lactones) is 1. The summed E-state index contributed by atoms with van der Waals surface area (Å²) in [6, 6.07) is -0.818. The fourth-order valence-corrected chi connectivity index (χ4v) is 7.14. The van der Waals surface area contributed by atoms with Gasteiger partial charge in [0.15, 0.2) is 12.1 Å². The number of ketones is 1. The standard InChI is InChI=1S/C32H58N2O10/c1-11-24-32(8,40)27(37)21(6)33(9)14-17(2)13-31(7,39)28(19(4)25(35)20(5)29(38)43-24)44-30-26(36)23(12-18(3)42-30)34(10)15-22-16-41-22/h17-24,26-28,30,36-37,39-40H,11-16H2,1-10H3. The van der Waals surface area contributed by atoms with Crippen LogP contribution in [0, 0.1) is 17.8 Å². The smallest absolute Gasteiger partial charge is 0.316 e. The molecular formula is C32H58N2O10. The molecule has 14 atom stereocenters. The van der Waals surface area contributed by atoms with Crippen molar-refractivity contribution in [1.29, 1.82) is 0 Å². The van der Waals surface area contributed by atoms with Crippen LogP contribution in [0.3, 0.4) is 0 Å². The molecule has 0 amide bonds. The van der Waals surface area contributed by atoms with Gasteiger partial charge in [0.05, 0.1) is 30.5 Å². The summed E-state index contributed by atoms with van der Waals surface area (Å²) in [5.41, 5.74) is -3.36. The molecular weight excluding hydrogens is 572 g/mol. The van der Waals surface area contributed by atoms with Crippen LogP contribution in [0.1, 0.15) is 74.7 Å². The summed E-state index contributed by atoms with van der Waals surface area (Å²) in [6.45, 7) is 15.2. The number of epoxide rings is 1. The molecule has 4 N–H and O–H groups in total. The van der Waals surface area contributed by atoms with E-state index in [2.05, 4.69) is 0 Å². The van der Waals surface area contributed by atoms with Crippen molar-refractivity contribution in [3.8, 4) is 0 Å². The number of hydrogen-bond donors (Lipinski definition) is 4. The summed E-state index contributed by atoms with van der Waals surface area (Å²) in [4.78, 5) is 31.1. The summed E-state index contributed by atoms with van der Waals surface area (Å²) in [5.74, 6) is -3.72. The molecule has 0 radical (unpaired) electrons. The lowest BCUT2D eigenvalue weighted by Crippen LogP contribution is -2.59. The summed E-state index contributed by atoms with van der Waals surface area (Å²) >= 11 is 0. The van der Waals surface area contributed by atoms with Gasteiger partial charge in [-0.05, 0) is 73.9 Å². The van der Waals surface area contributed by atoms with Crippen LogP contribution in [0.5, 0.6) is 0 Å². The van der Waals surface area contributed by atoms with E-state index in [0.717, 1.165) is 0 Å². The van der Waals surface area contributed by atoms with Crippen LogP contribution in [0.4, 0.5) is 0 Å². The Morgan fingerprint density at radius 3 is 2.27 bits per heavy atom. The largest absolute Gasteiger partial charge is 0.459 e. The first-order chi connectivity index (χ1) is 20.3. The van der Waals surface area contributed by atoms with Gasteiger partial charge in [0.2, 0.25) is 0 Å². The number of carbonyl (C=O) groups is 2. The Morgan fingerprint density at radius 1 is 1.09 bits per heavy atom. The molecule has 12 heteroatoms. The van der Waals surface area contributed by atoms with Crippen molar-refractivity contribution >= 4 is 11.8 Å². The van der Waals surface area contributed by atoms with E-state index < -0.39 is 71.5 Å². The Balaban J connectivity index is 1.96. The Hall–Kier alpha value is -1.22. The van der Waals surface area contributed by atoms with E-state index in [1.807, 2.05) is 37.7 Å². The predicted molar refractivity (Wildman–Crippen MR) is 163 cm³/mol. The van der Waals surface area contributed by atoms with Crippen molar-refractivity contribution in [3.63, 3.8) is 0 Å². The van der Waals surface area contributed by atoms with Gasteiger partial charge in [0.25, 0.3) is 0 Å². The monoisotopic (exact) mass is 630 g/mol. The Morgan fingerprint density at radius 2 is 1.70 bits per heavy atom. The quantitative estimate of drug-likeness (QED) is 0.187. The molecule has 0 saturated carbocycles. The third kappa shape index (κ3) is 8.57. The number of aliphatic hydroxyl groups is 4. The average molecular weight is 631 g/mol.